The minimum atomic E-state index is -0.288. The topological polar surface area (TPSA) is 84.0 Å². The average Bonchev–Trinajstić information content (AvgIpc) is 3.03. The van der Waals surface area contributed by atoms with E-state index >= 15 is 0 Å². The van der Waals surface area contributed by atoms with Crippen LogP contribution in [0, 0.1) is 0 Å². The van der Waals surface area contributed by atoms with Gasteiger partial charge in [0.15, 0.2) is 0 Å². The Morgan fingerprint density at radius 2 is 1.96 bits per heavy atom. The highest BCUT2D eigenvalue weighted by atomic mass is 32.1. The molecule has 0 aliphatic heterocycles. The first-order chi connectivity index (χ1) is 11.1. The lowest BCUT2D eigenvalue weighted by Gasteiger charge is -2.10. The van der Waals surface area contributed by atoms with Crippen LogP contribution in [0.2, 0.25) is 0 Å². The molecule has 0 aliphatic carbocycles. The molecule has 0 spiro atoms. The van der Waals surface area contributed by atoms with E-state index < -0.39 is 0 Å². The molecule has 122 valence electrons. The highest BCUT2D eigenvalue weighted by molar-refractivity contribution is 7.13. The maximum absolute atomic E-state index is 12.1. The number of carbonyl (C=O) groups is 2. The van der Waals surface area contributed by atoms with E-state index in [1.807, 2.05) is 32.0 Å². The van der Waals surface area contributed by atoms with Gasteiger partial charge >= 0.3 is 0 Å². The maximum Gasteiger partial charge on any atom is 0.286 e. The van der Waals surface area contributed by atoms with E-state index in [1.54, 1.807) is 12.1 Å². The molecule has 6 nitrogen and oxygen atoms in total. The van der Waals surface area contributed by atoms with Crippen LogP contribution in [0.25, 0.3) is 0 Å². The number of carbonyl (C=O) groups excluding carboxylic acids is 2. The molecule has 0 saturated heterocycles. The number of nitrogens with zero attached hydrogens (tertiary/aromatic N) is 2. The minimum absolute atomic E-state index is 0.00941. The highest BCUT2D eigenvalue weighted by Crippen LogP contribution is 2.14. The molecule has 1 aromatic carbocycles. The van der Waals surface area contributed by atoms with Gasteiger partial charge < -0.3 is 10.6 Å². The standard InChI is InChI=1S/C16H20N4O2S/c1-3-11(2)17-13(21)9-10-14-19-20-16(23-14)15(22)18-12-7-5-4-6-8-12/h4-8,11H,3,9-10H2,1-2H3,(H,17,21)(H,18,22)/t11-/m1/s1. The van der Waals surface area contributed by atoms with Gasteiger partial charge in [0.05, 0.1) is 0 Å². The molecule has 0 fully saturated rings. The zero-order valence-corrected chi connectivity index (χ0v) is 14.0. The van der Waals surface area contributed by atoms with E-state index in [-0.39, 0.29) is 17.9 Å². The molecule has 1 heterocycles. The monoisotopic (exact) mass is 332 g/mol. The lowest BCUT2D eigenvalue weighted by atomic mass is 10.2. The zero-order valence-electron chi connectivity index (χ0n) is 13.2. The Kier molecular flexibility index (Phi) is 6.22. The summed E-state index contributed by atoms with van der Waals surface area (Å²) in [5, 5.41) is 14.5. The van der Waals surface area contributed by atoms with Crippen molar-refractivity contribution in [3.8, 4) is 0 Å². The third-order valence-corrected chi connectivity index (χ3v) is 4.26. The number of hydrogen-bond donors (Lipinski definition) is 2. The molecule has 0 unspecified atom stereocenters. The Morgan fingerprint density at radius 3 is 2.65 bits per heavy atom. The van der Waals surface area contributed by atoms with Crippen LogP contribution < -0.4 is 10.6 Å². The number of rotatable bonds is 7. The lowest BCUT2D eigenvalue weighted by Crippen LogP contribution is -2.31. The van der Waals surface area contributed by atoms with E-state index in [9.17, 15) is 9.59 Å². The summed E-state index contributed by atoms with van der Waals surface area (Å²) in [6, 6.07) is 9.35. The summed E-state index contributed by atoms with van der Waals surface area (Å²) in [6.45, 7) is 3.99. The number of aryl methyl sites for hydroxylation is 1. The second-order valence-electron chi connectivity index (χ2n) is 5.20. The Balaban J connectivity index is 1.85. The first-order valence-electron chi connectivity index (χ1n) is 7.56. The smallest absolute Gasteiger partial charge is 0.286 e. The average molecular weight is 332 g/mol. The van der Waals surface area contributed by atoms with Crippen molar-refractivity contribution >= 4 is 28.8 Å². The second-order valence-corrected chi connectivity index (χ2v) is 6.26. The molecule has 0 radical (unpaired) electrons. The highest BCUT2D eigenvalue weighted by Gasteiger charge is 2.14. The van der Waals surface area contributed by atoms with E-state index in [1.165, 1.54) is 11.3 Å². The van der Waals surface area contributed by atoms with Gasteiger partial charge in [0, 0.05) is 24.6 Å². The summed E-state index contributed by atoms with van der Waals surface area (Å²) in [5.41, 5.74) is 0.710. The largest absolute Gasteiger partial charge is 0.354 e. The Morgan fingerprint density at radius 1 is 1.22 bits per heavy atom. The number of hydrogen-bond acceptors (Lipinski definition) is 5. The van der Waals surface area contributed by atoms with Crippen LogP contribution >= 0.6 is 11.3 Å². The van der Waals surface area contributed by atoms with Gasteiger partial charge in [0.1, 0.15) is 5.01 Å². The summed E-state index contributed by atoms with van der Waals surface area (Å²) >= 11 is 1.21. The van der Waals surface area contributed by atoms with Crippen LogP contribution in [-0.2, 0) is 11.2 Å². The summed E-state index contributed by atoms with van der Waals surface area (Å²) in [4.78, 5) is 23.8. The molecule has 7 heteroatoms. The minimum Gasteiger partial charge on any atom is -0.354 e. The van der Waals surface area contributed by atoms with Crippen molar-refractivity contribution in [2.45, 2.75) is 39.2 Å². The number of aromatic nitrogens is 2. The van der Waals surface area contributed by atoms with Gasteiger partial charge in [-0.25, -0.2) is 0 Å². The number of amides is 2. The fraction of sp³-hybridized carbons (Fsp3) is 0.375. The molecular weight excluding hydrogens is 312 g/mol. The van der Waals surface area contributed by atoms with Gasteiger partial charge in [-0.2, -0.15) is 0 Å². The number of nitrogens with one attached hydrogen (secondary N) is 2. The van der Waals surface area contributed by atoms with Gasteiger partial charge in [-0.3, -0.25) is 9.59 Å². The fourth-order valence-electron chi connectivity index (χ4n) is 1.82. The third-order valence-electron chi connectivity index (χ3n) is 3.28. The maximum atomic E-state index is 12.1. The van der Waals surface area contributed by atoms with Crippen LogP contribution in [0.15, 0.2) is 30.3 Å². The van der Waals surface area contributed by atoms with Crippen LogP contribution in [0.4, 0.5) is 5.69 Å². The predicted octanol–water partition coefficient (Wildman–Crippen LogP) is 2.64. The molecule has 0 saturated carbocycles. The van der Waals surface area contributed by atoms with Crippen LogP contribution in [0.1, 0.15) is 41.5 Å². The molecule has 1 atom stereocenters. The van der Waals surface area contributed by atoms with Crippen molar-refractivity contribution < 1.29 is 9.59 Å². The number of para-hydroxylation sites is 1. The molecular formula is C16H20N4O2S. The van der Waals surface area contributed by atoms with Crippen LogP contribution in [-0.4, -0.2) is 28.1 Å². The zero-order chi connectivity index (χ0) is 16.7. The van der Waals surface area contributed by atoms with Gasteiger partial charge in [-0.1, -0.05) is 36.5 Å². The van der Waals surface area contributed by atoms with Crippen molar-refractivity contribution in [3.63, 3.8) is 0 Å². The number of anilines is 1. The Hall–Kier alpha value is -2.28. The first kappa shape index (κ1) is 17.1. The molecule has 0 aliphatic rings. The van der Waals surface area contributed by atoms with Crippen molar-refractivity contribution in [2.75, 3.05) is 5.32 Å². The molecule has 2 rings (SSSR count). The van der Waals surface area contributed by atoms with Gasteiger partial charge in [-0.05, 0) is 25.5 Å². The lowest BCUT2D eigenvalue weighted by molar-refractivity contribution is -0.121. The summed E-state index contributed by atoms with van der Waals surface area (Å²) in [5.74, 6) is -0.297. The van der Waals surface area contributed by atoms with E-state index in [0.29, 0.717) is 28.5 Å². The molecule has 2 N–H and O–H groups in total. The van der Waals surface area contributed by atoms with E-state index in [4.69, 9.17) is 0 Å². The molecule has 2 amide bonds. The first-order valence-corrected chi connectivity index (χ1v) is 8.38. The molecule has 23 heavy (non-hydrogen) atoms. The van der Waals surface area contributed by atoms with Crippen LogP contribution in [0.5, 0.6) is 0 Å². The Bertz CT molecular complexity index is 657. The summed E-state index contributed by atoms with van der Waals surface area (Å²) < 4.78 is 0. The van der Waals surface area contributed by atoms with Gasteiger partial charge in [0.2, 0.25) is 10.9 Å². The van der Waals surface area contributed by atoms with E-state index in [2.05, 4.69) is 20.8 Å². The normalized spacial score (nSPS) is 11.7. The van der Waals surface area contributed by atoms with Crippen molar-refractivity contribution in [3.05, 3.63) is 40.3 Å². The van der Waals surface area contributed by atoms with Crippen molar-refractivity contribution in [1.82, 2.24) is 15.5 Å². The van der Waals surface area contributed by atoms with Crippen LogP contribution in [0.3, 0.4) is 0 Å². The third kappa shape index (κ3) is 5.45. The van der Waals surface area contributed by atoms with Crippen molar-refractivity contribution in [2.24, 2.45) is 0 Å². The number of benzene rings is 1. The molecule has 0 bridgehead atoms. The van der Waals surface area contributed by atoms with E-state index in [0.717, 1.165) is 6.42 Å². The second kappa shape index (κ2) is 8.38. The summed E-state index contributed by atoms with van der Waals surface area (Å²) in [6.07, 6.45) is 1.73. The quantitative estimate of drug-likeness (QED) is 0.816. The van der Waals surface area contributed by atoms with Gasteiger partial charge in [-0.15, -0.1) is 10.2 Å². The molecule has 1 aromatic heterocycles. The van der Waals surface area contributed by atoms with Crippen molar-refractivity contribution in [1.29, 1.82) is 0 Å². The molecule has 2 aromatic rings. The predicted molar refractivity (Wildman–Crippen MR) is 90.5 cm³/mol. The SMILES string of the molecule is CC[C@@H](C)NC(=O)CCc1nnc(C(=O)Nc2ccccc2)s1. The summed E-state index contributed by atoms with van der Waals surface area (Å²) in [7, 11) is 0. The fourth-order valence-corrected chi connectivity index (χ4v) is 2.56. The Labute approximate surface area is 139 Å². The van der Waals surface area contributed by atoms with Gasteiger partial charge in [0.25, 0.3) is 5.91 Å².